The lowest BCUT2D eigenvalue weighted by Crippen LogP contribution is -2.41. The molecule has 1 aromatic carbocycles. The highest BCUT2D eigenvalue weighted by Gasteiger charge is 2.35. The summed E-state index contributed by atoms with van der Waals surface area (Å²) in [5.41, 5.74) is 1.53. The Morgan fingerprint density at radius 2 is 2.21 bits per heavy atom. The molecule has 0 bridgehead atoms. The van der Waals surface area contributed by atoms with Crippen LogP contribution < -0.4 is 0 Å². The van der Waals surface area contributed by atoms with Crippen molar-refractivity contribution >= 4 is 5.97 Å². The van der Waals surface area contributed by atoms with Crippen LogP contribution in [0.1, 0.15) is 23.5 Å². The van der Waals surface area contributed by atoms with E-state index >= 15 is 0 Å². The maximum atomic E-state index is 13.7. The number of nitrogens with zero attached hydrogens (tertiary/aromatic N) is 1. The van der Waals surface area contributed by atoms with E-state index in [4.69, 9.17) is 4.74 Å². The fourth-order valence-electron chi connectivity index (χ4n) is 2.74. The molecule has 0 saturated carbocycles. The van der Waals surface area contributed by atoms with E-state index in [0.29, 0.717) is 12.1 Å². The summed E-state index contributed by atoms with van der Waals surface area (Å²) in [6, 6.07) is 5.25. The third-order valence-corrected chi connectivity index (χ3v) is 3.94. The standard InChI is InChI=1S/C15H20FNO2/c1-10-4-5-11(8-14(10)16)12-6-7-17(2)9-13(12)15(18)19-3/h4-5,8,12-13H,6-7,9H2,1-3H3/t12-,13+/m0/s1. The SMILES string of the molecule is COC(=O)[C@@H]1CN(C)CC[C@H]1c1ccc(C)c(F)c1. The van der Waals surface area contributed by atoms with Gasteiger partial charge in [-0.3, -0.25) is 4.79 Å². The van der Waals surface area contributed by atoms with Crippen LogP contribution in [0.4, 0.5) is 4.39 Å². The fraction of sp³-hybridized carbons (Fsp3) is 0.533. The third-order valence-electron chi connectivity index (χ3n) is 3.94. The van der Waals surface area contributed by atoms with Gasteiger partial charge in [-0.2, -0.15) is 0 Å². The van der Waals surface area contributed by atoms with E-state index in [1.807, 2.05) is 13.1 Å². The van der Waals surface area contributed by atoms with Crippen LogP contribution in [0.5, 0.6) is 0 Å². The quantitative estimate of drug-likeness (QED) is 0.769. The number of carbonyl (C=O) groups is 1. The summed E-state index contributed by atoms with van der Waals surface area (Å²) in [6.07, 6.45) is 0.846. The lowest BCUT2D eigenvalue weighted by Gasteiger charge is -2.35. The van der Waals surface area contributed by atoms with Crippen molar-refractivity contribution < 1.29 is 13.9 Å². The molecule has 2 rings (SSSR count). The van der Waals surface area contributed by atoms with Gasteiger partial charge in [-0.1, -0.05) is 12.1 Å². The summed E-state index contributed by atoms with van der Waals surface area (Å²) < 4.78 is 18.6. The zero-order valence-corrected chi connectivity index (χ0v) is 11.6. The molecule has 104 valence electrons. The maximum Gasteiger partial charge on any atom is 0.310 e. The van der Waals surface area contributed by atoms with Crippen LogP contribution >= 0.6 is 0 Å². The molecule has 0 N–H and O–H groups in total. The lowest BCUT2D eigenvalue weighted by atomic mass is 9.80. The Balaban J connectivity index is 2.29. The van der Waals surface area contributed by atoms with Gasteiger partial charge in [0, 0.05) is 6.54 Å². The van der Waals surface area contributed by atoms with Crippen molar-refractivity contribution in [1.29, 1.82) is 0 Å². The van der Waals surface area contributed by atoms with Crippen molar-refractivity contribution in [2.75, 3.05) is 27.2 Å². The van der Waals surface area contributed by atoms with Crippen molar-refractivity contribution in [1.82, 2.24) is 4.90 Å². The molecule has 1 heterocycles. The Morgan fingerprint density at radius 1 is 1.47 bits per heavy atom. The number of halogens is 1. The Kier molecular flexibility index (Phi) is 4.20. The van der Waals surface area contributed by atoms with E-state index in [1.165, 1.54) is 7.11 Å². The predicted molar refractivity (Wildman–Crippen MR) is 71.5 cm³/mol. The highest BCUT2D eigenvalue weighted by Crippen LogP contribution is 2.34. The topological polar surface area (TPSA) is 29.5 Å². The van der Waals surface area contributed by atoms with Gasteiger partial charge in [0.1, 0.15) is 5.82 Å². The summed E-state index contributed by atoms with van der Waals surface area (Å²) in [6.45, 7) is 3.31. The number of methoxy groups -OCH3 is 1. The van der Waals surface area contributed by atoms with Gasteiger partial charge >= 0.3 is 5.97 Å². The third kappa shape index (κ3) is 2.95. The van der Waals surface area contributed by atoms with E-state index in [-0.39, 0.29) is 23.6 Å². The minimum Gasteiger partial charge on any atom is -0.469 e. The van der Waals surface area contributed by atoms with Gasteiger partial charge in [0.25, 0.3) is 0 Å². The van der Waals surface area contributed by atoms with Gasteiger partial charge in [-0.25, -0.2) is 4.39 Å². The van der Waals surface area contributed by atoms with Crippen molar-refractivity contribution in [3.63, 3.8) is 0 Å². The number of esters is 1. The molecule has 19 heavy (non-hydrogen) atoms. The molecular weight excluding hydrogens is 245 g/mol. The summed E-state index contributed by atoms with van der Waals surface area (Å²) in [4.78, 5) is 14.0. The van der Waals surface area contributed by atoms with Gasteiger partial charge in [-0.05, 0) is 50.0 Å². The number of hydrogen-bond donors (Lipinski definition) is 0. The number of aryl methyl sites for hydroxylation is 1. The molecule has 2 atom stereocenters. The summed E-state index contributed by atoms with van der Waals surface area (Å²) >= 11 is 0. The van der Waals surface area contributed by atoms with Gasteiger partial charge in [0.15, 0.2) is 0 Å². The molecule has 4 heteroatoms. The number of benzene rings is 1. The number of rotatable bonds is 2. The van der Waals surface area contributed by atoms with Crippen molar-refractivity contribution in [3.8, 4) is 0 Å². The second-order valence-corrected chi connectivity index (χ2v) is 5.30. The molecule has 0 radical (unpaired) electrons. The molecule has 0 aliphatic carbocycles. The minimum atomic E-state index is -0.217. The molecular formula is C15H20FNO2. The van der Waals surface area contributed by atoms with Gasteiger partial charge in [0.05, 0.1) is 13.0 Å². The Hall–Kier alpha value is -1.42. The van der Waals surface area contributed by atoms with Crippen molar-refractivity contribution in [2.45, 2.75) is 19.3 Å². The van der Waals surface area contributed by atoms with E-state index in [2.05, 4.69) is 4.90 Å². The summed E-state index contributed by atoms with van der Waals surface area (Å²) in [5.74, 6) is -0.595. The van der Waals surface area contributed by atoms with Gasteiger partial charge in [0.2, 0.25) is 0 Å². The van der Waals surface area contributed by atoms with E-state index in [9.17, 15) is 9.18 Å². The molecule has 0 unspecified atom stereocenters. The molecule has 3 nitrogen and oxygen atoms in total. The van der Waals surface area contributed by atoms with Crippen LogP contribution in [0.2, 0.25) is 0 Å². The number of piperidine rings is 1. The van der Waals surface area contributed by atoms with Crippen LogP contribution in [-0.2, 0) is 9.53 Å². The van der Waals surface area contributed by atoms with Crippen molar-refractivity contribution in [3.05, 3.63) is 35.1 Å². The Labute approximate surface area is 113 Å². The predicted octanol–water partition coefficient (Wildman–Crippen LogP) is 2.34. The van der Waals surface area contributed by atoms with E-state index < -0.39 is 0 Å². The molecule has 1 aliphatic rings. The van der Waals surface area contributed by atoms with Crippen LogP contribution in [-0.4, -0.2) is 38.1 Å². The first kappa shape index (κ1) is 14.0. The first-order chi connectivity index (χ1) is 9.02. The minimum absolute atomic E-state index is 0.0405. The van der Waals surface area contributed by atoms with E-state index in [0.717, 1.165) is 18.5 Å². The Bertz CT molecular complexity index is 475. The molecule has 0 aromatic heterocycles. The number of carbonyl (C=O) groups excluding carboxylic acids is 1. The molecule has 0 spiro atoms. The molecule has 1 aliphatic heterocycles. The zero-order valence-electron chi connectivity index (χ0n) is 11.6. The summed E-state index contributed by atoms with van der Waals surface area (Å²) in [7, 11) is 3.39. The molecule has 1 aromatic rings. The average Bonchev–Trinajstić information content (AvgIpc) is 2.41. The summed E-state index contributed by atoms with van der Waals surface area (Å²) in [5, 5.41) is 0. The van der Waals surface area contributed by atoms with Crippen LogP contribution in [0.25, 0.3) is 0 Å². The number of ether oxygens (including phenoxy) is 1. The number of likely N-dealkylation sites (tertiary alicyclic amines) is 1. The highest BCUT2D eigenvalue weighted by atomic mass is 19.1. The van der Waals surface area contributed by atoms with Gasteiger partial charge in [-0.15, -0.1) is 0 Å². The Morgan fingerprint density at radius 3 is 2.84 bits per heavy atom. The molecule has 1 fully saturated rings. The molecule has 0 amide bonds. The van der Waals surface area contributed by atoms with Crippen LogP contribution in [0.15, 0.2) is 18.2 Å². The van der Waals surface area contributed by atoms with Crippen LogP contribution in [0, 0.1) is 18.7 Å². The second kappa shape index (κ2) is 5.70. The number of hydrogen-bond acceptors (Lipinski definition) is 3. The first-order valence-corrected chi connectivity index (χ1v) is 6.55. The van der Waals surface area contributed by atoms with Gasteiger partial charge < -0.3 is 9.64 Å². The molecule has 1 saturated heterocycles. The van der Waals surface area contributed by atoms with Crippen molar-refractivity contribution in [2.24, 2.45) is 5.92 Å². The van der Waals surface area contributed by atoms with E-state index in [1.54, 1.807) is 19.1 Å². The smallest absolute Gasteiger partial charge is 0.310 e. The lowest BCUT2D eigenvalue weighted by molar-refractivity contribution is -0.148. The monoisotopic (exact) mass is 265 g/mol. The first-order valence-electron chi connectivity index (χ1n) is 6.55. The fourth-order valence-corrected chi connectivity index (χ4v) is 2.74. The highest BCUT2D eigenvalue weighted by molar-refractivity contribution is 5.74. The largest absolute Gasteiger partial charge is 0.469 e. The zero-order chi connectivity index (χ0) is 14.0. The maximum absolute atomic E-state index is 13.7. The average molecular weight is 265 g/mol. The normalized spacial score (nSPS) is 24.2. The van der Waals surface area contributed by atoms with Crippen LogP contribution in [0.3, 0.4) is 0 Å². The second-order valence-electron chi connectivity index (χ2n) is 5.30.